The third-order valence-electron chi connectivity index (χ3n) is 4.02. The highest BCUT2D eigenvalue weighted by Gasteiger charge is 2.30. The molecule has 0 spiro atoms. The Labute approximate surface area is 160 Å². The van der Waals surface area contributed by atoms with Crippen LogP contribution in [0, 0.1) is 0 Å². The summed E-state index contributed by atoms with van der Waals surface area (Å²) in [5.41, 5.74) is 2.03. The van der Waals surface area contributed by atoms with Crippen molar-refractivity contribution in [3.63, 3.8) is 0 Å². The molecule has 0 saturated heterocycles. The van der Waals surface area contributed by atoms with E-state index in [9.17, 15) is 13.4 Å². The van der Waals surface area contributed by atoms with Gasteiger partial charge in [-0.15, -0.1) is 0 Å². The number of hydrogen-bond acceptors (Lipinski definition) is 4. The largest absolute Gasteiger partial charge is 0.508 e. The van der Waals surface area contributed by atoms with Gasteiger partial charge in [0.05, 0.1) is 0 Å². The lowest BCUT2D eigenvalue weighted by molar-refractivity contribution is 0.329. The molecular formula is C20H20BNO4S. The fourth-order valence-corrected chi connectivity index (χ4v) is 3.71. The van der Waals surface area contributed by atoms with Crippen molar-refractivity contribution in [3.8, 4) is 0 Å². The van der Waals surface area contributed by atoms with Gasteiger partial charge in [0.15, 0.2) is 0 Å². The molecule has 138 valence electrons. The molecule has 7 heteroatoms. The Balaban J connectivity index is 1.83. The minimum Gasteiger partial charge on any atom is -0.422 e. The van der Waals surface area contributed by atoms with Gasteiger partial charge in [-0.3, -0.25) is 4.10 Å². The summed E-state index contributed by atoms with van der Waals surface area (Å²) in [4.78, 5) is 0. The molecule has 0 saturated carbocycles. The van der Waals surface area contributed by atoms with E-state index in [1.807, 2.05) is 60.7 Å². The van der Waals surface area contributed by atoms with Gasteiger partial charge in [0.1, 0.15) is 0 Å². The van der Waals surface area contributed by atoms with Crippen molar-refractivity contribution < 1.29 is 17.5 Å². The summed E-state index contributed by atoms with van der Waals surface area (Å²) >= 11 is 0. The fourth-order valence-electron chi connectivity index (χ4n) is 2.64. The second kappa shape index (κ2) is 8.97. The summed E-state index contributed by atoms with van der Waals surface area (Å²) in [5.74, 6) is 0. The molecule has 5 nitrogen and oxygen atoms in total. The first kappa shape index (κ1) is 19.3. The van der Waals surface area contributed by atoms with Crippen molar-refractivity contribution in [1.82, 2.24) is 4.31 Å². The number of nitrogens with zero attached hydrogens (tertiary/aromatic N) is 1. The van der Waals surface area contributed by atoms with E-state index >= 15 is 0 Å². The fraction of sp³-hybridized carbons (Fsp3) is 0.100. The zero-order valence-electron chi connectivity index (χ0n) is 14.7. The molecule has 0 aromatic heterocycles. The van der Waals surface area contributed by atoms with Crippen LogP contribution < -0.4 is 5.46 Å². The molecular weight excluding hydrogens is 361 g/mol. The Morgan fingerprint density at radius 1 is 0.741 bits per heavy atom. The van der Waals surface area contributed by atoms with Gasteiger partial charge in [0.2, 0.25) is 0 Å². The van der Waals surface area contributed by atoms with E-state index in [0.717, 1.165) is 11.1 Å². The third kappa shape index (κ3) is 5.51. The monoisotopic (exact) mass is 381 g/mol. The number of rotatable bonds is 8. The lowest BCUT2D eigenvalue weighted by Gasteiger charge is -2.23. The number of hydrogen-bond donors (Lipinski definition) is 1. The Morgan fingerprint density at radius 2 is 1.15 bits per heavy atom. The maximum absolute atomic E-state index is 12.9. The van der Waals surface area contributed by atoms with Crippen molar-refractivity contribution in [1.29, 1.82) is 0 Å². The summed E-state index contributed by atoms with van der Waals surface area (Å²) < 4.78 is 32.0. The molecule has 0 radical (unpaired) electrons. The number of benzene rings is 3. The van der Waals surface area contributed by atoms with E-state index in [4.69, 9.17) is 4.10 Å². The molecule has 0 unspecified atom stereocenters. The lowest BCUT2D eigenvalue weighted by Crippen LogP contribution is -2.41. The quantitative estimate of drug-likeness (QED) is 0.609. The van der Waals surface area contributed by atoms with Crippen LogP contribution in [-0.2, 0) is 27.5 Å². The van der Waals surface area contributed by atoms with Crippen molar-refractivity contribution in [2.75, 3.05) is 0 Å². The predicted molar refractivity (Wildman–Crippen MR) is 106 cm³/mol. The summed E-state index contributed by atoms with van der Waals surface area (Å²) in [7, 11) is -5.75. The van der Waals surface area contributed by atoms with Crippen molar-refractivity contribution in [2.24, 2.45) is 0 Å². The van der Waals surface area contributed by atoms with Gasteiger partial charge in [-0.2, -0.15) is 12.7 Å². The molecule has 0 aliphatic heterocycles. The molecule has 0 aliphatic carbocycles. The van der Waals surface area contributed by atoms with E-state index in [1.165, 1.54) is 4.31 Å². The van der Waals surface area contributed by atoms with Gasteiger partial charge in [-0.05, 0) is 16.6 Å². The highest BCUT2D eigenvalue weighted by Crippen LogP contribution is 2.16. The van der Waals surface area contributed by atoms with Gasteiger partial charge in [0, 0.05) is 13.1 Å². The molecule has 3 aromatic carbocycles. The Bertz CT molecular complexity index is 896. The Kier molecular flexibility index (Phi) is 6.42. The van der Waals surface area contributed by atoms with Crippen LogP contribution in [0.5, 0.6) is 0 Å². The molecule has 0 fully saturated rings. The predicted octanol–water partition coefficient (Wildman–Crippen LogP) is 2.34. The van der Waals surface area contributed by atoms with Crippen LogP contribution in [0.2, 0.25) is 0 Å². The Morgan fingerprint density at radius 3 is 1.59 bits per heavy atom. The van der Waals surface area contributed by atoms with Crippen molar-refractivity contribution in [3.05, 3.63) is 102 Å². The highest BCUT2D eigenvalue weighted by molar-refractivity contribution is 7.85. The average Bonchev–Trinajstić information content (AvgIpc) is 2.69. The lowest BCUT2D eigenvalue weighted by atomic mass is 9.80. The second-order valence-electron chi connectivity index (χ2n) is 6.06. The van der Waals surface area contributed by atoms with Gasteiger partial charge >= 0.3 is 17.4 Å². The SMILES string of the molecule is O=S(=O)(OB(O)c1ccccc1)N(Cc1ccccc1)Cc1ccccc1. The zero-order valence-corrected chi connectivity index (χ0v) is 15.5. The first-order valence-corrected chi connectivity index (χ1v) is 9.90. The molecule has 27 heavy (non-hydrogen) atoms. The van der Waals surface area contributed by atoms with Crippen LogP contribution in [0.25, 0.3) is 0 Å². The van der Waals surface area contributed by atoms with E-state index in [2.05, 4.69) is 0 Å². The summed E-state index contributed by atoms with van der Waals surface area (Å²) in [6, 6.07) is 26.9. The average molecular weight is 381 g/mol. The van der Waals surface area contributed by atoms with Crippen LogP contribution in [-0.4, -0.2) is 24.9 Å². The smallest absolute Gasteiger partial charge is 0.422 e. The van der Waals surface area contributed by atoms with Crippen LogP contribution in [0.4, 0.5) is 0 Å². The van der Waals surface area contributed by atoms with Crippen LogP contribution >= 0.6 is 0 Å². The Hall–Kier alpha value is -2.45. The second-order valence-corrected chi connectivity index (χ2v) is 7.62. The van der Waals surface area contributed by atoms with Gasteiger partial charge in [-0.1, -0.05) is 91.0 Å². The molecule has 3 rings (SSSR count). The van der Waals surface area contributed by atoms with Crippen LogP contribution in [0.3, 0.4) is 0 Å². The molecule has 0 atom stereocenters. The third-order valence-corrected chi connectivity index (χ3v) is 5.33. The minimum absolute atomic E-state index is 0.138. The molecule has 0 heterocycles. The van der Waals surface area contributed by atoms with Crippen molar-refractivity contribution >= 4 is 22.9 Å². The first-order chi connectivity index (χ1) is 13.0. The van der Waals surface area contributed by atoms with Crippen LogP contribution in [0.1, 0.15) is 11.1 Å². The maximum Gasteiger partial charge on any atom is 0.508 e. The maximum atomic E-state index is 12.9. The summed E-state index contributed by atoms with van der Waals surface area (Å²) in [6.07, 6.45) is 0. The highest BCUT2D eigenvalue weighted by atomic mass is 32.2. The topological polar surface area (TPSA) is 66.8 Å². The van der Waals surface area contributed by atoms with Gasteiger partial charge in [-0.25, -0.2) is 0 Å². The molecule has 0 bridgehead atoms. The van der Waals surface area contributed by atoms with Crippen molar-refractivity contribution in [2.45, 2.75) is 13.1 Å². The van der Waals surface area contributed by atoms with E-state index in [0.29, 0.717) is 5.46 Å². The van der Waals surface area contributed by atoms with E-state index < -0.39 is 17.4 Å². The first-order valence-electron chi connectivity index (χ1n) is 8.54. The van der Waals surface area contributed by atoms with Crippen LogP contribution in [0.15, 0.2) is 91.0 Å². The molecule has 0 aliphatic rings. The molecule has 0 amide bonds. The normalized spacial score (nSPS) is 11.5. The zero-order chi connectivity index (χ0) is 19.1. The van der Waals surface area contributed by atoms with E-state index in [-0.39, 0.29) is 13.1 Å². The van der Waals surface area contributed by atoms with E-state index in [1.54, 1.807) is 30.3 Å². The molecule has 3 aromatic rings. The van der Waals surface area contributed by atoms with Gasteiger partial charge < -0.3 is 5.02 Å². The minimum atomic E-state index is -4.18. The summed E-state index contributed by atoms with van der Waals surface area (Å²) in [5, 5.41) is 10.2. The molecule has 1 N–H and O–H groups in total. The summed E-state index contributed by atoms with van der Waals surface area (Å²) in [6.45, 7) is 0.277. The van der Waals surface area contributed by atoms with Gasteiger partial charge in [0.25, 0.3) is 0 Å². The standard InChI is InChI=1S/C20H20BNO4S/c23-21(20-14-8-3-9-15-20)26-27(24,25)22(16-18-10-4-1-5-11-18)17-19-12-6-2-7-13-19/h1-15,23H,16-17H2.